The van der Waals surface area contributed by atoms with Crippen molar-refractivity contribution in [3.05, 3.63) is 35.5 Å². The summed E-state index contributed by atoms with van der Waals surface area (Å²) in [6.07, 6.45) is 0.792. The minimum atomic E-state index is -0.876. The van der Waals surface area contributed by atoms with E-state index in [4.69, 9.17) is 9.84 Å². The van der Waals surface area contributed by atoms with Crippen molar-refractivity contribution in [3.8, 4) is 17.0 Å². The van der Waals surface area contributed by atoms with Gasteiger partial charge in [-0.25, -0.2) is 0 Å². The van der Waals surface area contributed by atoms with Crippen molar-refractivity contribution in [2.75, 3.05) is 6.54 Å². The number of carbonyl (C=O) groups is 1. The van der Waals surface area contributed by atoms with Crippen LogP contribution in [0.25, 0.3) is 11.3 Å². The third-order valence-electron chi connectivity index (χ3n) is 3.84. The first kappa shape index (κ1) is 16.5. The Labute approximate surface area is 141 Å². The van der Waals surface area contributed by atoms with E-state index in [0.29, 0.717) is 6.54 Å². The molecule has 1 aromatic carbocycles. The van der Waals surface area contributed by atoms with Crippen LogP contribution in [0.2, 0.25) is 0 Å². The number of aliphatic carboxylic acids is 1. The van der Waals surface area contributed by atoms with Gasteiger partial charge in [0.05, 0.1) is 5.69 Å². The lowest BCUT2D eigenvalue weighted by Crippen LogP contribution is -2.25. The monoisotopic (exact) mass is 329 g/mol. The summed E-state index contributed by atoms with van der Waals surface area (Å²) in [5, 5.41) is 17.0. The third kappa shape index (κ3) is 3.59. The second-order valence-electron chi connectivity index (χ2n) is 6.99. The number of hydrogen-bond donors (Lipinski definition) is 2. The maximum Gasteiger partial charge on any atom is 0.325 e. The molecule has 6 heteroatoms. The number of benzene rings is 1. The fourth-order valence-electron chi connectivity index (χ4n) is 2.95. The van der Waals surface area contributed by atoms with E-state index in [1.54, 1.807) is 4.68 Å². The smallest absolute Gasteiger partial charge is 0.325 e. The Morgan fingerprint density at radius 2 is 2.04 bits per heavy atom. The maximum absolute atomic E-state index is 11.1. The van der Waals surface area contributed by atoms with Gasteiger partial charge in [0.25, 0.3) is 0 Å². The molecule has 0 unspecified atom stereocenters. The van der Waals surface area contributed by atoms with Gasteiger partial charge in [-0.1, -0.05) is 0 Å². The van der Waals surface area contributed by atoms with Gasteiger partial charge in [0.15, 0.2) is 0 Å². The highest BCUT2D eigenvalue weighted by atomic mass is 16.5. The van der Waals surface area contributed by atoms with Crippen molar-refractivity contribution >= 4 is 5.97 Å². The second kappa shape index (κ2) is 6.28. The summed E-state index contributed by atoms with van der Waals surface area (Å²) in [6, 6.07) is 7.81. The third-order valence-corrected chi connectivity index (χ3v) is 3.84. The van der Waals surface area contributed by atoms with Crippen molar-refractivity contribution in [1.82, 2.24) is 15.1 Å². The van der Waals surface area contributed by atoms with E-state index in [-0.39, 0.29) is 12.1 Å². The van der Waals surface area contributed by atoms with Crippen molar-refractivity contribution < 1.29 is 14.6 Å². The van der Waals surface area contributed by atoms with Crippen LogP contribution in [0.15, 0.2) is 24.3 Å². The maximum atomic E-state index is 11.1. The highest BCUT2D eigenvalue weighted by molar-refractivity contribution is 5.69. The van der Waals surface area contributed by atoms with Gasteiger partial charge in [-0.2, -0.15) is 5.10 Å². The quantitative estimate of drug-likeness (QED) is 0.901. The minimum Gasteiger partial charge on any atom is -0.488 e. The number of fused-ring (bicyclic) bond motifs is 1. The number of nitrogens with one attached hydrogen (secondary N) is 1. The van der Waals surface area contributed by atoms with Gasteiger partial charge in [-0.05, 0) is 45.0 Å². The standard InChI is InChI=1S/C18H23N3O3/c1-18(2,3)24-13-6-4-12(5-7-13)17-14-10-19-9-8-15(14)21(20-17)11-16(22)23/h4-7,19H,8-11H2,1-3H3,(H,22,23). The number of rotatable bonds is 4. The molecule has 0 radical (unpaired) electrons. The SMILES string of the molecule is CC(C)(C)Oc1ccc(-c2nn(CC(=O)O)c3c2CNCC3)cc1. The lowest BCUT2D eigenvalue weighted by molar-refractivity contribution is -0.137. The number of carboxylic acid groups (broad SMARTS) is 1. The Kier molecular flexibility index (Phi) is 4.32. The molecule has 1 aromatic heterocycles. The molecule has 3 rings (SSSR count). The van der Waals surface area contributed by atoms with Gasteiger partial charge in [-0.15, -0.1) is 0 Å². The first-order valence-corrected chi connectivity index (χ1v) is 8.14. The van der Waals surface area contributed by atoms with Crippen LogP contribution in [-0.4, -0.2) is 33.0 Å². The van der Waals surface area contributed by atoms with E-state index in [9.17, 15) is 4.79 Å². The van der Waals surface area contributed by atoms with Crippen LogP contribution >= 0.6 is 0 Å². The largest absolute Gasteiger partial charge is 0.488 e. The van der Waals surface area contributed by atoms with Crippen LogP contribution in [0.3, 0.4) is 0 Å². The first-order chi connectivity index (χ1) is 11.3. The average Bonchev–Trinajstić information content (AvgIpc) is 2.85. The van der Waals surface area contributed by atoms with E-state index in [1.807, 2.05) is 45.0 Å². The van der Waals surface area contributed by atoms with Gasteiger partial charge in [0.1, 0.15) is 17.9 Å². The van der Waals surface area contributed by atoms with Crippen molar-refractivity contribution in [3.63, 3.8) is 0 Å². The fourth-order valence-corrected chi connectivity index (χ4v) is 2.95. The fraction of sp³-hybridized carbons (Fsp3) is 0.444. The highest BCUT2D eigenvalue weighted by Crippen LogP contribution is 2.29. The summed E-state index contributed by atoms with van der Waals surface area (Å²) in [4.78, 5) is 11.1. The zero-order valence-electron chi connectivity index (χ0n) is 14.3. The van der Waals surface area contributed by atoms with Gasteiger partial charge in [-0.3, -0.25) is 9.48 Å². The van der Waals surface area contributed by atoms with Crippen molar-refractivity contribution in [2.24, 2.45) is 0 Å². The van der Waals surface area contributed by atoms with Crippen LogP contribution in [-0.2, 0) is 24.3 Å². The van der Waals surface area contributed by atoms with Crippen molar-refractivity contribution in [1.29, 1.82) is 0 Å². The van der Waals surface area contributed by atoms with Crippen LogP contribution in [0.5, 0.6) is 5.75 Å². The number of carboxylic acids is 1. The Morgan fingerprint density at radius 1 is 1.33 bits per heavy atom. The molecule has 0 amide bonds. The zero-order valence-corrected chi connectivity index (χ0v) is 14.3. The predicted octanol–water partition coefficient (Wildman–Crippen LogP) is 2.46. The van der Waals surface area contributed by atoms with Gasteiger partial charge < -0.3 is 15.2 Å². The predicted molar refractivity (Wildman–Crippen MR) is 91.1 cm³/mol. The molecule has 0 saturated heterocycles. The molecule has 2 heterocycles. The van der Waals surface area contributed by atoms with Crippen LogP contribution in [0.1, 0.15) is 32.0 Å². The number of ether oxygens (including phenoxy) is 1. The number of hydrogen-bond acceptors (Lipinski definition) is 4. The van der Waals surface area contributed by atoms with E-state index in [0.717, 1.165) is 41.2 Å². The molecule has 0 atom stereocenters. The van der Waals surface area contributed by atoms with Crippen LogP contribution in [0.4, 0.5) is 0 Å². The summed E-state index contributed by atoms with van der Waals surface area (Å²) in [5.41, 5.74) is 3.68. The molecule has 0 saturated carbocycles. The van der Waals surface area contributed by atoms with Crippen molar-refractivity contribution in [2.45, 2.75) is 45.9 Å². The molecule has 1 aliphatic rings. The van der Waals surface area contributed by atoms with Gasteiger partial charge >= 0.3 is 5.97 Å². The van der Waals surface area contributed by atoms with E-state index in [2.05, 4.69) is 10.4 Å². The molecule has 2 aromatic rings. The Hall–Kier alpha value is -2.34. The first-order valence-electron chi connectivity index (χ1n) is 8.14. The average molecular weight is 329 g/mol. The van der Waals surface area contributed by atoms with Crippen LogP contribution < -0.4 is 10.1 Å². The molecule has 6 nitrogen and oxygen atoms in total. The Balaban J connectivity index is 1.94. The van der Waals surface area contributed by atoms with E-state index >= 15 is 0 Å². The summed E-state index contributed by atoms with van der Waals surface area (Å²) in [6.45, 7) is 7.48. The second-order valence-corrected chi connectivity index (χ2v) is 6.99. The molecule has 24 heavy (non-hydrogen) atoms. The van der Waals surface area contributed by atoms with Crippen LogP contribution in [0, 0.1) is 0 Å². The summed E-state index contributed by atoms with van der Waals surface area (Å²) in [5.74, 6) is -0.0671. The topological polar surface area (TPSA) is 76.4 Å². The molecule has 0 bridgehead atoms. The molecule has 0 aliphatic carbocycles. The highest BCUT2D eigenvalue weighted by Gasteiger charge is 2.22. The van der Waals surface area contributed by atoms with Gasteiger partial charge in [0.2, 0.25) is 0 Å². The summed E-state index contributed by atoms with van der Waals surface area (Å²) < 4.78 is 7.47. The Bertz CT molecular complexity index is 742. The van der Waals surface area contributed by atoms with E-state index in [1.165, 1.54) is 0 Å². The summed E-state index contributed by atoms with van der Waals surface area (Å²) in [7, 11) is 0. The zero-order chi connectivity index (χ0) is 17.3. The van der Waals surface area contributed by atoms with Gasteiger partial charge in [0, 0.05) is 36.3 Å². The molecule has 1 aliphatic heterocycles. The molecule has 2 N–H and O–H groups in total. The number of nitrogens with zero attached hydrogens (tertiary/aromatic N) is 2. The summed E-state index contributed by atoms with van der Waals surface area (Å²) >= 11 is 0. The minimum absolute atomic E-state index is 0.104. The lowest BCUT2D eigenvalue weighted by Gasteiger charge is -2.21. The Morgan fingerprint density at radius 3 is 2.67 bits per heavy atom. The molecular weight excluding hydrogens is 306 g/mol. The molecule has 128 valence electrons. The molecule has 0 fully saturated rings. The number of aromatic nitrogens is 2. The van der Waals surface area contributed by atoms with E-state index < -0.39 is 5.97 Å². The molecule has 0 spiro atoms. The molecular formula is C18H23N3O3. The normalized spacial score (nSPS) is 14.3. The lowest BCUT2D eigenvalue weighted by atomic mass is 10.0.